The summed E-state index contributed by atoms with van der Waals surface area (Å²) in [6.07, 6.45) is 0. The number of hydrogen-bond acceptors (Lipinski definition) is 8. The van der Waals surface area contributed by atoms with E-state index in [2.05, 4.69) is 27.8 Å². The summed E-state index contributed by atoms with van der Waals surface area (Å²) >= 11 is 0.922. The quantitative estimate of drug-likeness (QED) is 0.143. The van der Waals surface area contributed by atoms with Crippen molar-refractivity contribution in [3.8, 4) is 23.0 Å². The van der Waals surface area contributed by atoms with Crippen LogP contribution in [0.5, 0.6) is 5.75 Å². The molecule has 10 heteroatoms. The minimum Gasteiger partial charge on any atom is -0.490 e. The summed E-state index contributed by atoms with van der Waals surface area (Å²) in [6.45, 7) is 9.83. The predicted octanol–water partition coefficient (Wildman–Crippen LogP) is 2.39. The molecular formula is C25H38N4O5S. The minimum atomic E-state index is -0.549. The minimum absolute atomic E-state index is 0.0948. The van der Waals surface area contributed by atoms with Crippen molar-refractivity contribution in [1.82, 2.24) is 16.0 Å². The van der Waals surface area contributed by atoms with Crippen molar-refractivity contribution in [2.75, 3.05) is 53.1 Å². The Kier molecular flexibility index (Phi) is 20.0. The summed E-state index contributed by atoms with van der Waals surface area (Å²) in [7, 11) is 1.81. The smallest absolute Gasteiger partial charge is 0.251 e. The first-order chi connectivity index (χ1) is 17.0. The number of thiocyanates is 1. The van der Waals surface area contributed by atoms with Gasteiger partial charge in [0.05, 0.1) is 19.8 Å². The summed E-state index contributed by atoms with van der Waals surface area (Å²) in [6, 6.07) is 6.79. The Bertz CT molecular complexity index is 833. The van der Waals surface area contributed by atoms with Gasteiger partial charge < -0.3 is 30.2 Å². The topological polar surface area (TPSA) is 122 Å². The summed E-state index contributed by atoms with van der Waals surface area (Å²) < 4.78 is 16.6. The van der Waals surface area contributed by atoms with Gasteiger partial charge in [-0.15, -0.1) is 0 Å². The van der Waals surface area contributed by atoms with E-state index in [-0.39, 0.29) is 50.7 Å². The van der Waals surface area contributed by atoms with Gasteiger partial charge in [0.1, 0.15) is 24.4 Å². The number of thioether (sulfide) groups is 1. The molecule has 0 bridgehead atoms. The molecule has 0 saturated carbocycles. The maximum absolute atomic E-state index is 12.1. The molecule has 0 fully saturated rings. The van der Waals surface area contributed by atoms with Crippen LogP contribution in [0.15, 0.2) is 24.3 Å². The summed E-state index contributed by atoms with van der Waals surface area (Å²) in [5.41, 5.74) is -0.0669. The third kappa shape index (κ3) is 17.3. The Morgan fingerprint density at radius 3 is 2.60 bits per heavy atom. The fraction of sp³-hybridized carbons (Fsp3) is 0.560. The molecule has 1 rings (SSSR count). The second kappa shape index (κ2) is 21.8. The fourth-order valence-corrected chi connectivity index (χ4v) is 2.74. The second-order valence-corrected chi connectivity index (χ2v) is 7.96. The number of rotatable bonds is 15. The standard InChI is InChI=1S/C23H32N4O5S.C2H6/c1-18(2)6-5-9-26-21(28)15-30-12-13-31-22(33-17-24)16-32-20-8-4-7-19(14-20)23(29)27-11-10-25-3;1-2/h4,7-8,14,18,22,25H,9-13,15-16H2,1-3H3,(H,26,28)(H,27,29);1-2H3. The average molecular weight is 507 g/mol. The summed E-state index contributed by atoms with van der Waals surface area (Å²) in [5.74, 6) is 6.13. The van der Waals surface area contributed by atoms with E-state index < -0.39 is 5.44 Å². The van der Waals surface area contributed by atoms with E-state index in [0.29, 0.717) is 24.4 Å². The van der Waals surface area contributed by atoms with Gasteiger partial charge in [-0.1, -0.05) is 45.6 Å². The number of amides is 2. The highest BCUT2D eigenvalue weighted by atomic mass is 32.2. The van der Waals surface area contributed by atoms with Crippen LogP contribution in [0.3, 0.4) is 0 Å². The number of carbonyl (C=O) groups excluding carboxylic acids is 2. The Morgan fingerprint density at radius 1 is 1.14 bits per heavy atom. The number of ether oxygens (including phenoxy) is 3. The highest BCUT2D eigenvalue weighted by molar-refractivity contribution is 8.04. The third-order valence-corrected chi connectivity index (χ3v) is 4.50. The van der Waals surface area contributed by atoms with Crippen molar-refractivity contribution in [2.24, 2.45) is 5.92 Å². The van der Waals surface area contributed by atoms with Crippen LogP contribution in [0.4, 0.5) is 0 Å². The predicted molar refractivity (Wildman–Crippen MR) is 139 cm³/mol. The largest absolute Gasteiger partial charge is 0.490 e. The molecule has 194 valence electrons. The van der Waals surface area contributed by atoms with E-state index in [9.17, 15) is 9.59 Å². The van der Waals surface area contributed by atoms with E-state index >= 15 is 0 Å². The lowest BCUT2D eigenvalue weighted by Crippen LogP contribution is -2.30. The normalized spacial score (nSPS) is 10.7. The van der Waals surface area contributed by atoms with E-state index in [0.717, 1.165) is 11.8 Å². The number of benzene rings is 1. The summed E-state index contributed by atoms with van der Waals surface area (Å²) in [5, 5.41) is 19.4. The number of carbonyl (C=O) groups is 2. The van der Waals surface area contributed by atoms with Crippen molar-refractivity contribution in [3.63, 3.8) is 0 Å². The lowest BCUT2D eigenvalue weighted by Gasteiger charge is -2.16. The maximum Gasteiger partial charge on any atom is 0.251 e. The maximum atomic E-state index is 12.1. The SMILES string of the molecule is CC.CNCCNC(=O)c1cccc(OCC(OCCOCC(=O)NCC#CC(C)C)SC#N)c1. The van der Waals surface area contributed by atoms with Crippen LogP contribution in [0.1, 0.15) is 38.1 Å². The van der Waals surface area contributed by atoms with Gasteiger partial charge in [0.25, 0.3) is 5.91 Å². The molecule has 1 aromatic rings. The van der Waals surface area contributed by atoms with Crippen LogP contribution in [0.25, 0.3) is 0 Å². The van der Waals surface area contributed by atoms with E-state index in [1.54, 1.807) is 24.3 Å². The molecule has 0 aromatic heterocycles. The molecule has 0 radical (unpaired) electrons. The molecular weight excluding hydrogens is 468 g/mol. The molecule has 1 unspecified atom stereocenters. The third-order valence-electron chi connectivity index (χ3n) is 3.86. The van der Waals surface area contributed by atoms with Crippen LogP contribution in [0.2, 0.25) is 0 Å². The Labute approximate surface area is 213 Å². The molecule has 0 spiro atoms. The molecule has 3 N–H and O–H groups in total. The van der Waals surface area contributed by atoms with Crippen LogP contribution in [-0.2, 0) is 14.3 Å². The van der Waals surface area contributed by atoms with E-state index in [1.807, 2.05) is 40.1 Å². The van der Waals surface area contributed by atoms with Crippen molar-refractivity contribution >= 4 is 23.6 Å². The molecule has 0 saturated heterocycles. The molecule has 0 heterocycles. The van der Waals surface area contributed by atoms with Gasteiger partial charge in [-0.3, -0.25) is 9.59 Å². The first kappa shape index (κ1) is 32.2. The van der Waals surface area contributed by atoms with Gasteiger partial charge in [0, 0.05) is 24.6 Å². The van der Waals surface area contributed by atoms with Crippen molar-refractivity contribution in [1.29, 1.82) is 5.26 Å². The molecule has 0 aliphatic rings. The molecule has 2 amide bonds. The lowest BCUT2D eigenvalue weighted by atomic mass is 10.2. The number of hydrogen-bond donors (Lipinski definition) is 3. The number of nitrogens with zero attached hydrogens (tertiary/aromatic N) is 1. The van der Waals surface area contributed by atoms with Gasteiger partial charge in [-0.2, -0.15) is 5.26 Å². The number of nitriles is 1. The van der Waals surface area contributed by atoms with Gasteiger partial charge in [0.2, 0.25) is 5.91 Å². The molecule has 1 aromatic carbocycles. The monoisotopic (exact) mass is 506 g/mol. The van der Waals surface area contributed by atoms with Crippen molar-refractivity contribution in [3.05, 3.63) is 29.8 Å². The van der Waals surface area contributed by atoms with Gasteiger partial charge in [-0.05, 0) is 37.0 Å². The number of likely N-dealkylation sites (N-methyl/N-ethyl adjacent to an activating group) is 1. The van der Waals surface area contributed by atoms with Crippen LogP contribution < -0.4 is 20.7 Å². The molecule has 35 heavy (non-hydrogen) atoms. The van der Waals surface area contributed by atoms with Gasteiger partial charge in [-0.25, -0.2) is 0 Å². The van der Waals surface area contributed by atoms with Crippen molar-refractivity contribution < 1.29 is 23.8 Å². The van der Waals surface area contributed by atoms with Crippen molar-refractivity contribution in [2.45, 2.75) is 33.1 Å². The first-order valence-corrected chi connectivity index (χ1v) is 12.5. The zero-order chi connectivity index (χ0) is 26.3. The molecule has 0 aliphatic heterocycles. The Morgan fingerprint density at radius 2 is 1.91 bits per heavy atom. The van der Waals surface area contributed by atoms with E-state index in [4.69, 9.17) is 19.5 Å². The molecule has 9 nitrogen and oxygen atoms in total. The lowest BCUT2D eigenvalue weighted by molar-refractivity contribution is -0.126. The highest BCUT2D eigenvalue weighted by Gasteiger charge is 2.12. The van der Waals surface area contributed by atoms with Crippen LogP contribution in [-0.4, -0.2) is 70.4 Å². The Balaban J connectivity index is 0.00000562. The number of nitrogens with one attached hydrogen (secondary N) is 3. The fourth-order valence-electron chi connectivity index (χ4n) is 2.32. The van der Waals surface area contributed by atoms with E-state index in [1.165, 1.54) is 0 Å². The van der Waals surface area contributed by atoms with Crippen LogP contribution in [0, 0.1) is 28.4 Å². The first-order valence-electron chi connectivity index (χ1n) is 11.6. The zero-order valence-electron chi connectivity index (χ0n) is 21.3. The van der Waals surface area contributed by atoms with Gasteiger partial charge >= 0.3 is 0 Å². The highest BCUT2D eigenvalue weighted by Crippen LogP contribution is 2.17. The zero-order valence-corrected chi connectivity index (χ0v) is 22.1. The second-order valence-electron chi connectivity index (χ2n) is 7.01. The van der Waals surface area contributed by atoms with Gasteiger partial charge in [0.15, 0.2) is 5.44 Å². The molecule has 0 aliphatic carbocycles. The van der Waals surface area contributed by atoms with Crippen LogP contribution >= 0.6 is 11.8 Å². The molecule has 1 atom stereocenters. The Hall–Kier alpha value is -2.76. The summed E-state index contributed by atoms with van der Waals surface area (Å²) in [4.78, 5) is 23.8. The average Bonchev–Trinajstić information content (AvgIpc) is 2.86.